The Bertz CT molecular complexity index is 598. The van der Waals surface area contributed by atoms with E-state index < -0.39 is 10.0 Å². The Labute approximate surface area is 119 Å². The first-order valence-corrected chi connectivity index (χ1v) is 8.47. The normalized spacial score (nSPS) is 15.6. The fourth-order valence-corrected chi connectivity index (χ4v) is 2.73. The molecule has 0 bridgehead atoms. The first kappa shape index (κ1) is 15.1. The van der Waals surface area contributed by atoms with Gasteiger partial charge in [-0.15, -0.1) is 0 Å². The summed E-state index contributed by atoms with van der Waals surface area (Å²) >= 11 is 0. The summed E-state index contributed by atoms with van der Waals surface area (Å²) in [4.78, 5) is 12.3. The van der Waals surface area contributed by atoms with E-state index in [4.69, 9.17) is 5.14 Å². The number of sulfonamides is 1. The highest BCUT2D eigenvalue weighted by molar-refractivity contribution is 7.89. The predicted octanol–water partition coefficient (Wildman–Crippen LogP) is 1.39. The standard InChI is InChI=1S/C13H21N3O3S/c1-3-9(4-2)15-13(17)12-7-11(20(14,18)19)8-16(12)10-5-6-10/h7-10H,3-6H2,1-2H3,(H,15,17)(H2,14,18,19). The van der Waals surface area contributed by atoms with Gasteiger partial charge in [-0.1, -0.05) is 13.8 Å². The number of carbonyl (C=O) groups is 1. The summed E-state index contributed by atoms with van der Waals surface area (Å²) in [5.74, 6) is -0.236. The minimum atomic E-state index is -3.78. The molecule has 0 radical (unpaired) electrons. The molecule has 1 aromatic heterocycles. The topological polar surface area (TPSA) is 94.2 Å². The highest BCUT2D eigenvalue weighted by Crippen LogP contribution is 2.37. The summed E-state index contributed by atoms with van der Waals surface area (Å²) in [5, 5.41) is 8.07. The van der Waals surface area contributed by atoms with E-state index in [1.165, 1.54) is 12.3 Å². The maximum atomic E-state index is 12.3. The second-order valence-electron chi connectivity index (χ2n) is 5.23. The average molecular weight is 299 g/mol. The molecule has 3 N–H and O–H groups in total. The van der Waals surface area contributed by atoms with Crippen LogP contribution >= 0.6 is 0 Å². The average Bonchev–Trinajstić information content (AvgIpc) is 3.12. The monoisotopic (exact) mass is 299 g/mol. The number of aromatic nitrogens is 1. The van der Waals surface area contributed by atoms with Crippen molar-refractivity contribution in [1.82, 2.24) is 9.88 Å². The molecule has 0 saturated heterocycles. The van der Waals surface area contributed by atoms with Crippen LogP contribution in [0.3, 0.4) is 0 Å². The number of primary sulfonamides is 1. The maximum Gasteiger partial charge on any atom is 0.268 e. The molecule has 112 valence electrons. The molecule has 0 atom stereocenters. The van der Waals surface area contributed by atoms with Crippen LogP contribution < -0.4 is 10.5 Å². The van der Waals surface area contributed by atoms with Gasteiger partial charge in [0.2, 0.25) is 10.0 Å². The van der Waals surface area contributed by atoms with Crippen molar-refractivity contribution < 1.29 is 13.2 Å². The summed E-state index contributed by atoms with van der Waals surface area (Å²) < 4.78 is 24.6. The number of carbonyl (C=O) groups excluding carboxylic acids is 1. The van der Waals surface area contributed by atoms with Crippen LogP contribution in [0.2, 0.25) is 0 Å². The molecule has 0 aromatic carbocycles. The number of nitrogens with two attached hydrogens (primary N) is 1. The van der Waals surface area contributed by atoms with Gasteiger partial charge in [-0.05, 0) is 31.7 Å². The fraction of sp³-hybridized carbons (Fsp3) is 0.615. The molecule has 0 aliphatic heterocycles. The quantitative estimate of drug-likeness (QED) is 0.831. The van der Waals surface area contributed by atoms with E-state index in [0.717, 1.165) is 25.7 Å². The third-order valence-electron chi connectivity index (χ3n) is 3.65. The molecule has 1 fully saturated rings. The first-order valence-electron chi connectivity index (χ1n) is 6.92. The van der Waals surface area contributed by atoms with Gasteiger partial charge in [0.1, 0.15) is 10.6 Å². The smallest absolute Gasteiger partial charge is 0.268 e. The molecule has 0 spiro atoms. The molecule has 2 rings (SSSR count). The molecular formula is C13H21N3O3S. The lowest BCUT2D eigenvalue weighted by atomic mass is 10.1. The van der Waals surface area contributed by atoms with Crippen molar-refractivity contribution in [3.63, 3.8) is 0 Å². The van der Waals surface area contributed by atoms with Crippen LogP contribution in [0.4, 0.5) is 0 Å². The highest BCUT2D eigenvalue weighted by atomic mass is 32.2. The van der Waals surface area contributed by atoms with E-state index in [-0.39, 0.29) is 22.9 Å². The lowest BCUT2D eigenvalue weighted by molar-refractivity contribution is 0.0925. The summed E-state index contributed by atoms with van der Waals surface area (Å²) in [6, 6.07) is 1.68. The molecule has 1 aliphatic rings. The van der Waals surface area contributed by atoms with E-state index in [0.29, 0.717) is 5.69 Å². The van der Waals surface area contributed by atoms with E-state index in [1.807, 2.05) is 13.8 Å². The van der Waals surface area contributed by atoms with Gasteiger partial charge in [0, 0.05) is 18.3 Å². The van der Waals surface area contributed by atoms with Crippen LogP contribution in [0.15, 0.2) is 17.2 Å². The molecule has 1 amide bonds. The summed E-state index contributed by atoms with van der Waals surface area (Å²) in [6.07, 6.45) is 5.08. The van der Waals surface area contributed by atoms with Crippen molar-refractivity contribution in [3.8, 4) is 0 Å². The highest BCUT2D eigenvalue weighted by Gasteiger charge is 2.30. The van der Waals surface area contributed by atoms with Crippen molar-refractivity contribution in [3.05, 3.63) is 18.0 Å². The minimum Gasteiger partial charge on any atom is -0.348 e. The second-order valence-corrected chi connectivity index (χ2v) is 6.79. The fourth-order valence-electron chi connectivity index (χ4n) is 2.20. The number of hydrogen-bond donors (Lipinski definition) is 2. The first-order chi connectivity index (χ1) is 9.36. The zero-order chi connectivity index (χ0) is 14.9. The molecule has 1 heterocycles. The zero-order valence-electron chi connectivity index (χ0n) is 11.8. The van der Waals surface area contributed by atoms with Crippen LogP contribution in [0, 0.1) is 0 Å². The number of rotatable bonds is 6. The Morgan fingerprint density at radius 2 is 2.05 bits per heavy atom. The van der Waals surface area contributed by atoms with Crippen molar-refractivity contribution in [1.29, 1.82) is 0 Å². The molecule has 20 heavy (non-hydrogen) atoms. The minimum absolute atomic E-state index is 0.000836. The van der Waals surface area contributed by atoms with Gasteiger partial charge in [-0.25, -0.2) is 13.6 Å². The third-order valence-corrected chi connectivity index (χ3v) is 4.53. The van der Waals surface area contributed by atoms with Crippen molar-refractivity contribution in [2.75, 3.05) is 0 Å². The molecular weight excluding hydrogens is 278 g/mol. The number of hydrogen-bond acceptors (Lipinski definition) is 3. The zero-order valence-corrected chi connectivity index (χ0v) is 12.6. The van der Waals surface area contributed by atoms with Crippen LogP contribution in [-0.4, -0.2) is 24.9 Å². The third kappa shape index (κ3) is 3.21. The molecule has 1 aromatic rings. The van der Waals surface area contributed by atoms with Gasteiger partial charge >= 0.3 is 0 Å². The van der Waals surface area contributed by atoms with Gasteiger partial charge in [-0.2, -0.15) is 0 Å². The van der Waals surface area contributed by atoms with Crippen LogP contribution in [-0.2, 0) is 10.0 Å². The Kier molecular flexibility index (Phi) is 4.19. The molecule has 1 saturated carbocycles. The largest absolute Gasteiger partial charge is 0.348 e. The maximum absolute atomic E-state index is 12.3. The molecule has 6 nitrogen and oxygen atoms in total. The number of amides is 1. The summed E-state index contributed by atoms with van der Waals surface area (Å²) in [6.45, 7) is 4.01. The number of nitrogens with zero attached hydrogens (tertiary/aromatic N) is 1. The summed E-state index contributed by atoms with van der Waals surface area (Å²) in [7, 11) is -3.78. The van der Waals surface area contributed by atoms with E-state index in [1.54, 1.807) is 4.57 Å². The van der Waals surface area contributed by atoms with E-state index in [9.17, 15) is 13.2 Å². The van der Waals surface area contributed by atoms with Crippen molar-refractivity contribution in [2.24, 2.45) is 5.14 Å². The van der Waals surface area contributed by atoms with Gasteiger partial charge in [0.05, 0.1) is 0 Å². The SMILES string of the molecule is CCC(CC)NC(=O)c1cc(S(N)(=O)=O)cn1C1CC1. The van der Waals surface area contributed by atoms with Crippen LogP contribution in [0.5, 0.6) is 0 Å². The van der Waals surface area contributed by atoms with Crippen LogP contribution in [0.25, 0.3) is 0 Å². The Morgan fingerprint density at radius 3 is 2.50 bits per heavy atom. The van der Waals surface area contributed by atoms with Crippen molar-refractivity contribution >= 4 is 15.9 Å². The van der Waals surface area contributed by atoms with Gasteiger partial charge < -0.3 is 9.88 Å². The Balaban J connectivity index is 2.30. The second kappa shape index (κ2) is 5.57. The predicted molar refractivity (Wildman–Crippen MR) is 75.9 cm³/mol. The van der Waals surface area contributed by atoms with E-state index >= 15 is 0 Å². The van der Waals surface area contributed by atoms with Crippen LogP contribution in [0.1, 0.15) is 56.1 Å². The number of nitrogens with one attached hydrogen (secondary N) is 1. The van der Waals surface area contributed by atoms with Gasteiger partial charge in [0.15, 0.2) is 0 Å². The van der Waals surface area contributed by atoms with Crippen molar-refractivity contribution in [2.45, 2.75) is 56.5 Å². The molecule has 0 unspecified atom stereocenters. The summed E-state index contributed by atoms with van der Waals surface area (Å²) in [5.41, 5.74) is 0.378. The van der Waals surface area contributed by atoms with Gasteiger partial charge in [-0.3, -0.25) is 4.79 Å². The molecule has 1 aliphatic carbocycles. The van der Waals surface area contributed by atoms with E-state index in [2.05, 4.69) is 5.32 Å². The lowest BCUT2D eigenvalue weighted by Crippen LogP contribution is -2.34. The van der Waals surface area contributed by atoms with Gasteiger partial charge in [0.25, 0.3) is 5.91 Å². The molecule has 7 heteroatoms. The Hall–Kier alpha value is -1.34. The lowest BCUT2D eigenvalue weighted by Gasteiger charge is -2.15. The Morgan fingerprint density at radius 1 is 1.45 bits per heavy atom.